The first-order valence-electron chi connectivity index (χ1n) is 6.24. The molecule has 0 bridgehead atoms. The summed E-state index contributed by atoms with van der Waals surface area (Å²) in [6.07, 6.45) is -5.48. The van der Waals surface area contributed by atoms with Crippen molar-refractivity contribution in [3.05, 3.63) is 0 Å². The molecule has 0 aliphatic carbocycles. The second-order valence-electron chi connectivity index (χ2n) is 5.38. The first kappa shape index (κ1) is 20.9. The summed E-state index contributed by atoms with van der Waals surface area (Å²) in [5, 5.41) is 0. The highest BCUT2D eigenvalue weighted by Gasteiger charge is 2.28. The fourth-order valence-electron chi connectivity index (χ4n) is 1.20. The molecule has 22 heavy (non-hydrogen) atoms. The van der Waals surface area contributed by atoms with Crippen LogP contribution in [0.5, 0.6) is 0 Å². The predicted molar refractivity (Wildman–Crippen MR) is 69.6 cm³/mol. The van der Waals surface area contributed by atoms with Gasteiger partial charge >= 0.3 is 22.5 Å². The molecule has 0 unspecified atom stereocenters. The lowest BCUT2D eigenvalue weighted by atomic mass is 10.2. The van der Waals surface area contributed by atoms with Crippen LogP contribution in [0.1, 0.15) is 20.8 Å². The van der Waals surface area contributed by atoms with Crippen molar-refractivity contribution < 1.29 is 39.7 Å². The molecule has 0 spiro atoms. The molecule has 0 rings (SSSR count). The Labute approximate surface area is 126 Å². The van der Waals surface area contributed by atoms with Gasteiger partial charge in [0.25, 0.3) is 0 Å². The van der Waals surface area contributed by atoms with Crippen molar-refractivity contribution in [2.24, 2.45) is 0 Å². The Morgan fingerprint density at radius 3 is 2.09 bits per heavy atom. The molecule has 0 aromatic rings. The zero-order chi connectivity index (χ0) is 17.6. The van der Waals surface area contributed by atoms with E-state index in [2.05, 4.69) is 4.74 Å². The third-order valence-electron chi connectivity index (χ3n) is 2.03. The maximum absolute atomic E-state index is 12.5. The summed E-state index contributed by atoms with van der Waals surface area (Å²) in [6.45, 7) is 1.74. The minimum atomic E-state index is -4.82. The number of ether oxygens (including phenoxy) is 2. The fourth-order valence-corrected chi connectivity index (χ4v) is 1.64. The molecule has 0 saturated carbocycles. The van der Waals surface area contributed by atoms with Crippen LogP contribution in [0.3, 0.4) is 0 Å². The predicted octanol–water partition coefficient (Wildman–Crippen LogP) is 2.10. The van der Waals surface area contributed by atoms with Crippen LogP contribution < -0.4 is 0 Å². The van der Waals surface area contributed by atoms with Crippen LogP contribution in [-0.4, -0.2) is 63.2 Å². The van der Waals surface area contributed by atoms with Crippen molar-refractivity contribution in [2.75, 3.05) is 32.1 Å². The minimum Gasteiger partial charge on any atom is -0.444 e. The molecule has 0 radical (unpaired) electrons. The van der Waals surface area contributed by atoms with Gasteiger partial charge in [0.15, 0.2) is 0 Å². The average Bonchev–Trinajstić information content (AvgIpc) is 2.22. The summed E-state index contributed by atoms with van der Waals surface area (Å²) < 4.78 is 78.5. The van der Waals surface area contributed by atoms with Gasteiger partial charge in [0, 0.05) is 13.1 Å². The van der Waals surface area contributed by atoms with Crippen LogP contribution in [0.4, 0.5) is 21.9 Å². The standard InChI is InChI=1S/C11H19F4NO5S/c1-10(2,3)21-9(17)16(5-7-22(15,18)19)4-6-20-8-11(12,13)14/h4-8H2,1-3H3. The molecule has 0 saturated heterocycles. The third kappa shape index (κ3) is 12.6. The Morgan fingerprint density at radius 2 is 1.68 bits per heavy atom. The number of carbonyl (C=O) groups excluding carboxylic acids is 1. The lowest BCUT2D eigenvalue weighted by Gasteiger charge is -2.27. The van der Waals surface area contributed by atoms with E-state index < -0.39 is 53.6 Å². The van der Waals surface area contributed by atoms with Gasteiger partial charge in [0.1, 0.15) is 12.2 Å². The first-order chi connectivity index (χ1) is 9.70. The van der Waals surface area contributed by atoms with Gasteiger partial charge in [-0.15, -0.1) is 3.89 Å². The van der Waals surface area contributed by atoms with E-state index in [1.165, 1.54) is 0 Å². The fraction of sp³-hybridized carbons (Fsp3) is 0.909. The van der Waals surface area contributed by atoms with Gasteiger partial charge in [-0.2, -0.15) is 21.6 Å². The molecule has 0 aliphatic rings. The molecule has 0 aromatic heterocycles. The van der Waals surface area contributed by atoms with Gasteiger partial charge < -0.3 is 14.4 Å². The summed E-state index contributed by atoms with van der Waals surface area (Å²) in [7, 11) is -4.82. The molecule has 0 aliphatic heterocycles. The van der Waals surface area contributed by atoms with Gasteiger partial charge in [0.2, 0.25) is 0 Å². The summed E-state index contributed by atoms with van der Waals surface area (Å²) in [4.78, 5) is 12.6. The van der Waals surface area contributed by atoms with Crippen molar-refractivity contribution in [1.82, 2.24) is 4.90 Å². The van der Waals surface area contributed by atoms with Gasteiger partial charge in [-0.25, -0.2) is 4.79 Å². The highest BCUT2D eigenvalue weighted by atomic mass is 32.3. The molecule has 0 aromatic carbocycles. The highest BCUT2D eigenvalue weighted by Crippen LogP contribution is 2.14. The normalized spacial score (nSPS) is 13.0. The smallest absolute Gasteiger partial charge is 0.411 e. The molecular weight excluding hydrogens is 334 g/mol. The Kier molecular flexibility index (Phi) is 7.55. The van der Waals surface area contributed by atoms with Gasteiger partial charge in [-0.3, -0.25) is 0 Å². The molecule has 0 atom stereocenters. The summed E-state index contributed by atoms with van der Waals surface area (Å²) in [5.41, 5.74) is -0.892. The Hall–Kier alpha value is -1.10. The van der Waals surface area contributed by atoms with E-state index in [4.69, 9.17) is 4.74 Å². The third-order valence-corrected chi connectivity index (χ3v) is 2.70. The molecule has 0 heterocycles. The van der Waals surface area contributed by atoms with E-state index in [1.807, 2.05) is 0 Å². The van der Waals surface area contributed by atoms with Crippen molar-refractivity contribution in [1.29, 1.82) is 0 Å². The van der Waals surface area contributed by atoms with Crippen molar-refractivity contribution >= 4 is 16.3 Å². The lowest BCUT2D eigenvalue weighted by Crippen LogP contribution is -2.41. The van der Waals surface area contributed by atoms with E-state index in [0.717, 1.165) is 4.90 Å². The number of nitrogens with zero attached hydrogens (tertiary/aromatic N) is 1. The largest absolute Gasteiger partial charge is 0.444 e. The number of alkyl halides is 3. The van der Waals surface area contributed by atoms with Gasteiger partial charge in [-0.05, 0) is 20.8 Å². The number of hydrogen-bond donors (Lipinski definition) is 0. The topological polar surface area (TPSA) is 72.9 Å². The number of carbonyl (C=O) groups is 1. The Balaban J connectivity index is 4.55. The minimum absolute atomic E-state index is 0.361. The molecule has 1 amide bonds. The van der Waals surface area contributed by atoms with E-state index in [9.17, 15) is 30.3 Å². The van der Waals surface area contributed by atoms with E-state index in [0.29, 0.717) is 0 Å². The molecule has 0 fully saturated rings. The van der Waals surface area contributed by atoms with Crippen molar-refractivity contribution in [3.8, 4) is 0 Å². The molecule has 6 nitrogen and oxygen atoms in total. The molecule has 0 N–H and O–H groups in total. The summed E-state index contributed by atoms with van der Waals surface area (Å²) in [6, 6.07) is 0. The SMILES string of the molecule is CC(C)(C)OC(=O)N(CCOCC(F)(F)F)CCS(=O)(=O)F. The average molecular weight is 353 g/mol. The van der Waals surface area contributed by atoms with Crippen LogP contribution in [0.25, 0.3) is 0 Å². The van der Waals surface area contributed by atoms with Crippen molar-refractivity contribution in [3.63, 3.8) is 0 Å². The molecule has 132 valence electrons. The second-order valence-corrected chi connectivity index (χ2v) is 6.86. The maximum Gasteiger partial charge on any atom is 0.411 e. The van der Waals surface area contributed by atoms with Crippen molar-refractivity contribution in [2.45, 2.75) is 32.5 Å². The van der Waals surface area contributed by atoms with Crippen LogP contribution in [-0.2, 0) is 19.7 Å². The van der Waals surface area contributed by atoms with E-state index >= 15 is 0 Å². The lowest BCUT2D eigenvalue weighted by molar-refractivity contribution is -0.174. The van der Waals surface area contributed by atoms with E-state index in [1.54, 1.807) is 20.8 Å². The number of amides is 1. The number of halogens is 4. The van der Waals surface area contributed by atoms with Crippen LogP contribution in [0, 0.1) is 0 Å². The van der Waals surface area contributed by atoms with Gasteiger partial charge in [-0.1, -0.05) is 0 Å². The zero-order valence-electron chi connectivity index (χ0n) is 12.4. The van der Waals surface area contributed by atoms with E-state index in [-0.39, 0.29) is 6.54 Å². The van der Waals surface area contributed by atoms with Crippen LogP contribution >= 0.6 is 0 Å². The highest BCUT2D eigenvalue weighted by molar-refractivity contribution is 7.86. The number of rotatable bonds is 7. The first-order valence-corrected chi connectivity index (χ1v) is 7.80. The monoisotopic (exact) mass is 353 g/mol. The van der Waals surface area contributed by atoms with Gasteiger partial charge in [0.05, 0.1) is 12.4 Å². The Morgan fingerprint density at radius 1 is 1.14 bits per heavy atom. The molecule has 11 heteroatoms. The maximum atomic E-state index is 12.5. The van der Waals surface area contributed by atoms with Crippen LogP contribution in [0.15, 0.2) is 0 Å². The summed E-state index contributed by atoms with van der Waals surface area (Å²) >= 11 is 0. The Bertz CT molecular complexity index is 458. The quantitative estimate of drug-likeness (QED) is 0.398. The number of hydrogen-bond acceptors (Lipinski definition) is 5. The second kappa shape index (κ2) is 7.95. The van der Waals surface area contributed by atoms with Crippen LogP contribution in [0.2, 0.25) is 0 Å². The molecular formula is C11H19F4NO5S. The summed E-state index contributed by atoms with van der Waals surface area (Å²) in [5.74, 6) is -0.981. The zero-order valence-corrected chi connectivity index (χ0v) is 13.3.